The number of rotatable bonds is 3. The molecule has 1 saturated heterocycles. The van der Waals surface area contributed by atoms with Gasteiger partial charge in [0.1, 0.15) is 10.7 Å². The summed E-state index contributed by atoms with van der Waals surface area (Å²) in [6, 6.07) is 4.99. The van der Waals surface area contributed by atoms with Gasteiger partial charge in [0.25, 0.3) is 0 Å². The topological polar surface area (TPSA) is 66.6 Å². The molecule has 1 aliphatic heterocycles. The van der Waals surface area contributed by atoms with Crippen molar-refractivity contribution in [3.63, 3.8) is 0 Å². The van der Waals surface area contributed by atoms with E-state index in [4.69, 9.17) is 5.73 Å². The van der Waals surface area contributed by atoms with E-state index in [0.717, 1.165) is 37.3 Å². The van der Waals surface area contributed by atoms with Crippen LogP contribution in [0.5, 0.6) is 0 Å². The highest BCUT2D eigenvalue weighted by atomic mass is 32.1. The third-order valence-corrected chi connectivity index (χ3v) is 5.16. The van der Waals surface area contributed by atoms with Gasteiger partial charge in [-0.3, -0.25) is 4.90 Å². The summed E-state index contributed by atoms with van der Waals surface area (Å²) < 4.78 is 14.8. The van der Waals surface area contributed by atoms with Gasteiger partial charge in [0.15, 0.2) is 0 Å². The highest BCUT2D eigenvalue weighted by molar-refractivity contribution is 7.21. The zero-order valence-corrected chi connectivity index (χ0v) is 12.3. The second-order valence-corrected chi connectivity index (χ2v) is 6.49. The van der Waals surface area contributed by atoms with Crippen molar-refractivity contribution in [3.05, 3.63) is 34.5 Å². The Balaban J connectivity index is 1.99. The summed E-state index contributed by atoms with van der Waals surface area (Å²) in [6.07, 6.45) is 1.79. The first kappa shape index (κ1) is 14.4. The minimum Gasteiger partial charge on any atom is -0.477 e. The van der Waals surface area contributed by atoms with Crippen molar-refractivity contribution in [2.45, 2.75) is 25.4 Å². The van der Waals surface area contributed by atoms with Crippen LogP contribution in [0.25, 0.3) is 10.1 Å². The molecule has 0 bridgehead atoms. The van der Waals surface area contributed by atoms with Crippen molar-refractivity contribution in [3.8, 4) is 0 Å². The van der Waals surface area contributed by atoms with Crippen LogP contribution in [0.3, 0.4) is 0 Å². The first-order valence-electron chi connectivity index (χ1n) is 6.97. The molecule has 0 spiro atoms. The number of fused-ring (bicyclic) bond motifs is 1. The van der Waals surface area contributed by atoms with Gasteiger partial charge in [-0.1, -0.05) is 6.07 Å². The van der Waals surface area contributed by atoms with Gasteiger partial charge in [-0.05, 0) is 38.1 Å². The second-order valence-electron chi connectivity index (χ2n) is 5.44. The van der Waals surface area contributed by atoms with Gasteiger partial charge in [0, 0.05) is 28.2 Å². The van der Waals surface area contributed by atoms with Crippen molar-refractivity contribution >= 4 is 27.4 Å². The lowest BCUT2D eigenvalue weighted by molar-refractivity contribution is 0.0699. The summed E-state index contributed by atoms with van der Waals surface area (Å²) in [7, 11) is 0. The van der Waals surface area contributed by atoms with E-state index < -0.39 is 5.97 Å². The lowest BCUT2D eigenvalue weighted by atomic mass is 10.0. The molecule has 1 fully saturated rings. The number of nitrogens with two attached hydrogens (primary N) is 1. The molecule has 2 aromatic rings. The lowest BCUT2D eigenvalue weighted by Crippen LogP contribution is -2.39. The molecule has 1 aromatic heterocycles. The number of carboxylic acid groups (broad SMARTS) is 1. The van der Waals surface area contributed by atoms with E-state index >= 15 is 0 Å². The Kier molecular flexibility index (Phi) is 3.93. The predicted molar refractivity (Wildman–Crippen MR) is 81.2 cm³/mol. The molecule has 4 nitrogen and oxygen atoms in total. The van der Waals surface area contributed by atoms with Crippen LogP contribution < -0.4 is 5.73 Å². The summed E-state index contributed by atoms with van der Waals surface area (Å²) in [5, 5.41) is 9.83. The maximum Gasteiger partial charge on any atom is 0.346 e. The van der Waals surface area contributed by atoms with Crippen molar-refractivity contribution in [2.75, 3.05) is 13.1 Å². The summed E-state index contributed by atoms with van der Waals surface area (Å²) in [6.45, 7) is 2.12. The average molecular weight is 308 g/mol. The number of hydrogen-bond acceptors (Lipinski definition) is 4. The van der Waals surface area contributed by atoms with E-state index in [1.807, 2.05) is 0 Å². The molecule has 0 radical (unpaired) electrons. The Labute approximate surface area is 126 Å². The van der Waals surface area contributed by atoms with E-state index in [1.165, 1.54) is 6.07 Å². The normalized spacial score (nSPS) is 17.4. The average Bonchev–Trinajstić information content (AvgIpc) is 2.82. The van der Waals surface area contributed by atoms with E-state index in [-0.39, 0.29) is 16.7 Å². The van der Waals surface area contributed by atoms with Gasteiger partial charge in [0.2, 0.25) is 0 Å². The van der Waals surface area contributed by atoms with Crippen molar-refractivity contribution in [1.82, 2.24) is 4.90 Å². The first-order valence-corrected chi connectivity index (χ1v) is 7.79. The molecule has 0 amide bonds. The van der Waals surface area contributed by atoms with Gasteiger partial charge in [-0.25, -0.2) is 9.18 Å². The third-order valence-electron chi connectivity index (χ3n) is 3.97. The van der Waals surface area contributed by atoms with Crippen LogP contribution >= 0.6 is 11.3 Å². The molecule has 6 heteroatoms. The van der Waals surface area contributed by atoms with Gasteiger partial charge < -0.3 is 10.8 Å². The van der Waals surface area contributed by atoms with E-state index in [0.29, 0.717) is 22.2 Å². The van der Waals surface area contributed by atoms with Crippen LogP contribution in [0, 0.1) is 5.82 Å². The monoisotopic (exact) mass is 308 g/mol. The minimum absolute atomic E-state index is 0.219. The van der Waals surface area contributed by atoms with Crippen LogP contribution in [-0.4, -0.2) is 35.1 Å². The molecule has 0 atom stereocenters. The molecule has 3 N–H and O–H groups in total. The van der Waals surface area contributed by atoms with Crippen LogP contribution in [0.2, 0.25) is 0 Å². The fourth-order valence-electron chi connectivity index (χ4n) is 2.83. The van der Waals surface area contributed by atoms with Crippen molar-refractivity contribution < 1.29 is 14.3 Å². The Bertz CT molecular complexity index is 678. The maximum atomic E-state index is 14.1. The van der Waals surface area contributed by atoms with Crippen LogP contribution in [0.15, 0.2) is 18.2 Å². The van der Waals surface area contributed by atoms with E-state index in [1.54, 1.807) is 12.1 Å². The molecule has 0 unspecified atom stereocenters. The van der Waals surface area contributed by atoms with Gasteiger partial charge in [-0.15, -0.1) is 11.3 Å². The SMILES string of the molecule is NC1CCN(Cc2c(C(=O)O)sc3cccc(F)c23)CC1. The Morgan fingerprint density at radius 1 is 1.43 bits per heavy atom. The molecular formula is C15H17FN2O2S. The number of aromatic carboxylic acids is 1. The third kappa shape index (κ3) is 2.79. The van der Waals surface area contributed by atoms with Crippen molar-refractivity contribution in [1.29, 1.82) is 0 Å². The molecule has 1 aromatic carbocycles. The molecule has 1 aliphatic rings. The van der Waals surface area contributed by atoms with Crippen molar-refractivity contribution in [2.24, 2.45) is 5.73 Å². The van der Waals surface area contributed by atoms with Crippen LogP contribution in [0.4, 0.5) is 4.39 Å². The van der Waals surface area contributed by atoms with E-state index in [9.17, 15) is 14.3 Å². The lowest BCUT2D eigenvalue weighted by Gasteiger charge is -2.30. The molecule has 21 heavy (non-hydrogen) atoms. The van der Waals surface area contributed by atoms with Crippen LogP contribution in [0.1, 0.15) is 28.1 Å². The number of piperidine rings is 1. The van der Waals surface area contributed by atoms with Crippen LogP contribution in [-0.2, 0) is 6.54 Å². The zero-order valence-electron chi connectivity index (χ0n) is 11.5. The zero-order chi connectivity index (χ0) is 15.0. The summed E-state index contributed by atoms with van der Waals surface area (Å²) >= 11 is 1.14. The smallest absolute Gasteiger partial charge is 0.346 e. The molecule has 2 heterocycles. The van der Waals surface area contributed by atoms with Gasteiger partial charge >= 0.3 is 5.97 Å². The fourth-order valence-corrected chi connectivity index (χ4v) is 3.89. The quantitative estimate of drug-likeness (QED) is 0.915. The standard InChI is InChI=1S/C15H17FN2O2S/c16-11-2-1-3-12-13(11)10(14(21-12)15(19)20)8-18-6-4-9(17)5-7-18/h1-3,9H,4-8,17H2,(H,19,20). The largest absolute Gasteiger partial charge is 0.477 e. The number of nitrogens with zero attached hydrogens (tertiary/aromatic N) is 1. The number of benzene rings is 1. The number of thiophene rings is 1. The Morgan fingerprint density at radius 2 is 2.14 bits per heavy atom. The number of hydrogen-bond donors (Lipinski definition) is 2. The number of carboxylic acids is 1. The molecular weight excluding hydrogens is 291 g/mol. The molecule has 3 rings (SSSR count). The number of halogens is 1. The summed E-state index contributed by atoms with van der Waals surface area (Å²) in [5.41, 5.74) is 6.48. The summed E-state index contributed by atoms with van der Waals surface area (Å²) in [4.78, 5) is 13.8. The number of carbonyl (C=O) groups is 1. The Morgan fingerprint density at radius 3 is 2.81 bits per heavy atom. The second kappa shape index (κ2) is 5.71. The number of likely N-dealkylation sites (tertiary alicyclic amines) is 1. The molecule has 0 saturated carbocycles. The Hall–Kier alpha value is -1.50. The molecule has 112 valence electrons. The molecule has 0 aliphatic carbocycles. The van der Waals surface area contributed by atoms with Gasteiger partial charge in [-0.2, -0.15) is 0 Å². The first-order chi connectivity index (χ1) is 10.1. The minimum atomic E-state index is -0.987. The van der Waals surface area contributed by atoms with Gasteiger partial charge in [0.05, 0.1) is 0 Å². The predicted octanol–water partition coefficient (Wildman–Crippen LogP) is 2.66. The summed E-state index contributed by atoms with van der Waals surface area (Å²) in [5.74, 6) is -1.33. The highest BCUT2D eigenvalue weighted by Gasteiger charge is 2.24. The van der Waals surface area contributed by atoms with E-state index in [2.05, 4.69) is 4.90 Å². The fraction of sp³-hybridized carbons (Fsp3) is 0.400. The highest BCUT2D eigenvalue weighted by Crippen LogP contribution is 2.34. The maximum absolute atomic E-state index is 14.1.